The fourth-order valence-corrected chi connectivity index (χ4v) is 1.46. The Hall–Kier alpha value is -1.83. The van der Waals surface area contributed by atoms with Crippen LogP contribution in [0.15, 0.2) is 48.8 Å². The molecule has 2 nitrogen and oxygen atoms in total. The molecule has 1 N–H and O–H groups in total. The molecule has 1 heterocycles. The second kappa shape index (κ2) is 3.92. The van der Waals surface area contributed by atoms with Crippen molar-refractivity contribution in [1.29, 1.82) is 0 Å². The Kier molecular flexibility index (Phi) is 2.45. The molecule has 14 heavy (non-hydrogen) atoms. The van der Waals surface area contributed by atoms with E-state index in [1.807, 2.05) is 37.5 Å². The molecule has 0 bridgehead atoms. The van der Waals surface area contributed by atoms with E-state index in [-0.39, 0.29) is 0 Å². The van der Waals surface area contributed by atoms with Crippen molar-refractivity contribution >= 4 is 5.69 Å². The normalized spacial score (nSPS) is 9.79. The molecule has 0 saturated carbocycles. The van der Waals surface area contributed by atoms with Crippen molar-refractivity contribution in [3.8, 4) is 11.1 Å². The predicted octanol–water partition coefficient (Wildman–Crippen LogP) is 2.79. The van der Waals surface area contributed by atoms with E-state index in [0.29, 0.717) is 0 Å². The predicted molar refractivity (Wildman–Crippen MR) is 59.2 cm³/mol. The molecule has 0 radical (unpaired) electrons. The third-order valence-electron chi connectivity index (χ3n) is 2.18. The molecule has 2 heteroatoms. The Bertz CT molecular complexity index is 410. The third kappa shape index (κ3) is 1.59. The number of nitrogens with zero attached hydrogens (tertiary/aromatic N) is 1. The Morgan fingerprint density at radius 3 is 2.57 bits per heavy atom. The van der Waals surface area contributed by atoms with Crippen molar-refractivity contribution in [3.63, 3.8) is 0 Å². The Labute approximate surface area is 83.6 Å². The van der Waals surface area contributed by atoms with E-state index < -0.39 is 0 Å². The highest BCUT2D eigenvalue weighted by Gasteiger charge is 2.01. The molecule has 0 atom stereocenters. The van der Waals surface area contributed by atoms with Crippen molar-refractivity contribution in [3.05, 3.63) is 48.8 Å². The highest BCUT2D eigenvalue weighted by atomic mass is 14.8. The maximum atomic E-state index is 4.13. The van der Waals surface area contributed by atoms with E-state index in [9.17, 15) is 0 Å². The second-order valence-corrected chi connectivity index (χ2v) is 3.04. The molecule has 0 aliphatic rings. The lowest BCUT2D eigenvalue weighted by atomic mass is 10.1. The highest BCUT2D eigenvalue weighted by molar-refractivity contribution is 5.76. The Morgan fingerprint density at radius 1 is 1.07 bits per heavy atom. The lowest BCUT2D eigenvalue weighted by Crippen LogP contribution is -1.92. The lowest BCUT2D eigenvalue weighted by molar-refractivity contribution is 1.32. The van der Waals surface area contributed by atoms with Gasteiger partial charge in [0, 0.05) is 30.7 Å². The minimum atomic E-state index is 1.10. The molecule has 2 rings (SSSR count). The molecule has 0 aliphatic carbocycles. The van der Waals surface area contributed by atoms with Crippen LogP contribution in [-0.2, 0) is 0 Å². The van der Waals surface area contributed by atoms with Gasteiger partial charge < -0.3 is 5.32 Å². The number of hydrogen-bond acceptors (Lipinski definition) is 2. The first kappa shape index (κ1) is 8.75. The summed E-state index contributed by atoms with van der Waals surface area (Å²) in [6, 6.07) is 12.2. The zero-order valence-electron chi connectivity index (χ0n) is 8.07. The summed E-state index contributed by atoms with van der Waals surface area (Å²) in [5.41, 5.74) is 3.42. The molecule has 1 aromatic carbocycles. The fourth-order valence-electron chi connectivity index (χ4n) is 1.46. The van der Waals surface area contributed by atoms with Crippen molar-refractivity contribution in [2.45, 2.75) is 0 Å². The minimum Gasteiger partial charge on any atom is -0.388 e. The monoisotopic (exact) mass is 184 g/mol. The maximum absolute atomic E-state index is 4.13. The molecule has 0 saturated heterocycles. The smallest absolute Gasteiger partial charge is 0.0448 e. The van der Waals surface area contributed by atoms with E-state index >= 15 is 0 Å². The SMILES string of the molecule is CNc1ccncc1-c1ccccc1. The van der Waals surface area contributed by atoms with Crippen molar-refractivity contribution in [2.75, 3.05) is 12.4 Å². The van der Waals surface area contributed by atoms with Gasteiger partial charge in [-0.05, 0) is 11.6 Å². The molecule has 1 aromatic heterocycles. The van der Waals surface area contributed by atoms with Gasteiger partial charge >= 0.3 is 0 Å². The van der Waals surface area contributed by atoms with Crippen LogP contribution >= 0.6 is 0 Å². The maximum Gasteiger partial charge on any atom is 0.0448 e. The summed E-state index contributed by atoms with van der Waals surface area (Å²) in [5.74, 6) is 0. The molecule has 0 spiro atoms. The highest BCUT2D eigenvalue weighted by Crippen LogP contribution is 2.25. The van der Waals surface area contributed by atoms with Crippen LogP contribution in [0.1, 0.15) is 0 Å². The topological polar surface area (TPSA) is 24.9 Å². The average Bonchev–Trinajstić information content (AvgIpc) is 2.30. The number of anilines is 1. The van der Waals surface area contributed by atoms with Gasteiger partial charge in [-0.2, -0.15) is 0 Å². The average molecular weight is 184 g/mol. The second-order valence-electron chi connectivity index (χ2n) is 3.04. The summed E-state index contributed by atoms with van der Waals surface area (Å²) < 4.78 is 0. The summed E-state index contributed by atoms with van der Waals surface area (Å²) >= 11 is 0. The van der Waals surface area contributed by atoms with Gasteiger partial charge in [0.2, 0.25) is 0 Å². The van der Waals surface area contributed by atoms with E-state index in [1.165, 1.54) is 5.56 Å². The number of pyridine rings is 1. The number of aromatic nitrogens is 1. The van der Waals surface area contributed by atoms with Crippen LogP contribution in [0.2, 0.25) is 0 Å². The molecule has 0 aliphatic heterocycles. The van der Waals surface area contributed by atoms with Crippen LogP contribution in [0.25, 0.3) is 11.1 Å². The van der Waals surface area contributed by atoms with Gasteiger partial charge in [-0.15, -0.1) is 0 Å². The van der Waals surface area contributed by atoms with Crippen LogP contribution in [-0.4, -0.2) is 12.0 Å². The first-order chi connectivity index (χ1) is 6.92. The van der Waals surface area contributed by atoms with Crippen LogP contribution in [0.4, 0.5) is 5.69 Å². The van der Waals surface area contributed by atoms with Crippen LogP contribution in [0, 0.1) is 0 Å². The summed E-state index contributed by atoms with van der Waals surface area (Å²) in [7, 11) is 1.92. The number of nitrogens with one attached hydrogen (secondary N) is 1. The number of benzene rings is 1. The van der Waals surface area contributed by atoms with Crippen LogP contribution in [0.5, 0.6) is 0 Å². The first-order valence-electron chi connectivity index (χ1n) is 4.59. The number of rotatable bonds is 2. The van der Waals surface area contributed by atoms with Crippen molar-refractivity contribution in [2.24, 2.45) is 0 Å². The van der Waals surface area contributed by atoms with Gasteiger partial charge in [-0.3, -0.25) is 4.98 Å². The zero-order valence-corrected chi connectivity index (χ0v) is 8.07. The standard InChI is InChI=1S/C12H12N2/c1-13-12-7-8-14-9-11(12)10-5-3-2-4-6-10/h2-9H,1H3,(H,13,14). The third-order valence-corrected chi connectivity index (χ3v) is 2.18. The quantitative estimate of drug-likeness (QED) is 0.776. The van der Waals surface area contributed by atoms with E-state index in [2.05, 4.69) is 22.4 Å². The van der Waals surface area contributed by atoms with Crippen LogP contribution < -0.4 is 5.32 Å². The Morgan fingerprint density at radius 2 is 1.86 bits per heavy atom. The zero-order chi connectivity index (χ0) is 9.80. The lowest BCUT2D eigenvalue weighted by Gasteiger charge is -2.07. The summed E-state index contributed by atoms with van der Waals surface area (Å²) in [6.45, 7) is 0. The molecule has 2 aromatic rings. The van der Waals surface area contributed by atoms with Crippen molar-refractivity contribution < 1.29 is 0 Å². The van der Waals surface area contributed by atoms with E-state index in [1.54, 1.807) is 6.20 Å². The van der Waals surface area contributed by atoms with Gasteiger partial charge in [-0.25, -0.2) is 0 Å². The van der Waals surface area contributed by atoms with E-state index in [0.717, 1.165) is 11.3 Å². The molecule has 70 valence electrons. The molecular formula is C12H12N2. The summed E-state index contributed by atoms with van der Waals surface area (Å²) in [4.78, 5) is 4.13. The van der Waals surface area contributed by atoms with Gasteiger partial charge in [-0.1, -0.05) is 30.3 Å². The van der Waals surface area contributed by atoms with Gasteiger partial charge in [0.25, 0.3) is 0 Å². The molecule has 0 amide bonds. The summed E-state index contributed by atoms with van der Waals surface area (Å²) in [5, 5.41) is 3.15. The van der Waals surface area contributed by atoms with Crippen LogP contribution in [0.3, 0.4) is 0 Å². The van der Waals surface area contributed by atoms with Gasteiger partial charge in [0.05, 0.1) is 0 Å². The molecule has 0 fully saturated rings. The summed E-state index contributed by atoms with van der Waals surface area (Å²) in [6.07, 6.45) is 3.67. The largest absolute Gasteiger partial charge is 0.388 e. The van der Waals surface area contributed by atoms with Gasteiger partial charge in [0.15, 0.2) is 0 Å². The van der Waals surface area contributed by atoms with Gasteiger partial charge in [0.1, 0.15) is 0 Å². The Balaban J connectivity index is 2.51. The van der Waals surface area contributed by atoms with Crippen molar-refractivity contribution in [1.82, 2.24) is 4.98 Å². The van der Waals surface area contributed by atoms with E-state index in [4.69, 9.17) is 0 Å². The number of hydrogen-bond donors (Lipinski definition) is 1. The fraction of sp³-hybridized carbons (Fsp3) is 0.0833. The first-order valence-corrected chi connectivity index (χ1v) is 4.59. The minimum absolute atomic E-state index is 1.10. The molecular weight excluding hydrogens is 172 g/mol. The molecule has 0 unspecified atom stereocenters.